The fraction of sp³-hybridized carbons (Fsp3) is 0.500. The average molecular weight is 283 g/mol. The van der Waals surface area contributed by atoms with Gasteiger partial charge in [0.15, 0.2) is 5.58 Å². The molecule has 1 heterocycles. The van der Waals surface area contributed by atoms with Crippen LogP contribution in [0.15, 0.2) is 10.6 Å². The van der Waals surface area contributed by atoms with E-state index < -0.39 is 5.60 Å². The number of rotatable bonds is 3. The van der Waals surface area contributed by atoms with Gasteiger partial charge in [0.1, 0.15) is 0 Å². The van der Waals surface area contributed by atoms with Crippen LogP contribution in [0.3, 0.4) is 0 Å². The number of aromatic nitrogens is 1. The molecular weight excluding hydrogens is 264 g/mol. The minimum atomic E-state index is -1.13. The van der Waals surface area contributed by atoms with Crippen LogP contribution >= 0.6 is 11.6 Å². The van der Waals surface area contributed by atoms with E-state index in [4.69, 9.17) is 21.9 Å². The molecule has 1 unspecified atom stereocenters. The van der Waals surface area contributed by atoms with Gasteiger partial charge in [0, 0.05) is 22.6 Å². The Hall–Kier alpha value is -1.26. The van der Waals surface area contributed by atoms with Gasteiger partial charge < -0.3 is 15.4 Å². The van der Waals surface area contributed by atoms with Gasteiger partial charge in [-0.1, -0.05) is 30.6 Å². The molecule has 0 fully saturated rings. The Labute approximate surface area is 117 Å². The zero-order valence-corrected chi connectivity index (χ0v) is 12.4. The summed E-state index contributed by atoms with van der Waals surface area (Å²) in [5.74, 6) is 0.268. The Kier molecular flexibility index (Phi) is 3.49. The fourth-order valence-corrected chi connectivity index (χ4v) is 2.72. The summed E-state index contributed by atoms with van der Waals surface area (Å²) in [6.45, 7) is 7.44. The van der Waals surface area contributed by atoms with Crippen LogP contribution in [0, 0.1) is 0 Å². The van der Waals surface area contributed by atoms with Gasteiger partial charge in [-0.25, -0.2) is 0 Å². The Morgan fingerprint density at radius 2 is 2.16 bits per heavy atom. The molecule has 0 aliphatic carbocycles. The average Bonchev–Trinajstić information content (AvgIpc) is 2.70. The second kappa shape index (κ2) is 4.69. The maximum atomic E-state index is 10.1. The van der Waals surface area contributed by atoms with Crippen molar-refractivity contribution in [1.29, 1.82) is 0 Å². The number of nitrogens with zero attached hydrogens (tertiary/aromatic N) is 1. The van der Waals surface area contributed by atoms with Gasteiger partial charge in [-0.05, 0) is 26.3 Å². The van der Waals surface area contributed by atoms with Crippen molar-refractivity contribution < 1.29 is 9.63 Å². The number of anilines is 1. The summed E-state index contributed by atoms with van der Waals surface area (Å²) in [5, 5.41) is 15.4. The number of hydrogen-bond donors (Lipinski definition) is 2. The Bertz CT molecular complexity index is 614. The van der Waals surface area contributed by atoms with Crippen molar-refractivity contribution in [2.75, 3.05) is 5.73 Å². The summed E-state index contributed by atoms with van der Waals surface area (Å²) >= 11 is 6.32. The lowest BCUT2D eigenvalue weighted by molar-refractivity contribution is 0.0795. The molecule has 1 aromatic carbocycles. The van der Waals surface area contributed by atoms with Crippen molar-refractivity contribution in [3.05, 3.63) is 22.3 Å². The molecular formula is C14H19ClN2O2. The third-order valence-corrected chi connectivity index (χ3v) is 3.81. The second-order valence-electron chi connectivity index (χ2n) is 5.47. The van der Waals surface area contributed by atoms with Crippen LogP contribution < -0.4 is 5.73 Å². The highest BCUT2D eigenvalue weighted by molar-refractivity contribution is 6.36. The summed E-state index contributed by atoms with van der Waals surface area (Å²) in [6.07, 6.45) is 0.951. The van der Waals surface area contributed by atoms with Gasteiger partial charge in [0.25, 0.3) is 0 Å². The van der Waals surface area contributed by atoms with Crippen LogP contribution in [-0.2, 0) is 5.60 Å². The molecule has 1 aromatic heterocycles. The Morgan fingerprint density at radius 3 is 2.68 bits per heavy atom. The molecule has 104 valence electrons. The number of nitrogen functional groups attached to an aromatic ring is 1. The molecule has 0 bridgehead atoms. The van der Waals surface area contributed by atoms with E-state index in [1.165, 1.54) is 0 Å². The summed E-state index contributed by atoms with van der Waals surface area (Å²) in [7, 11) is 0. The molecule has 0 aliphatic heterocycles. The van der Waals surface area contributed by atoms with Crippen molar-refractivity contribution in [3.8, 4) is 0 Å². The van der Waals surface area contributed by atoms with E-state index in [0.717, 1.165) is 17.5 Å². The first-order chi connectivity index (χ1) is 8.77. The zero-order valence-electron chi connectivity index (χ0n) is 11.6. The summed E-state index contributed by atoms with van der Waals surface area (Å²) in [5.41, 5.74) is 7.18. The minimum Gasteiger partial charge on any atom is -0.398 e. The molecule has 4 nitrogen and oxygen atoms in total. The summed E-state index contributed by atoms with van der Waals surface area (Å²) in [4.78, 5) is 0. The molecule has 0 saturated heterocycles. The second-order valence-corrected chi connectivity index (χ2v) is 5.85. The molecule has 2 aromatic rings. The molecule has 3 N–H and O–H groups in total. The Balaban J connectivity index is 2.75. The van der Waals surface area contributed by atoms with Crippen LogP contribution in [0.4, 0.5) is 5.69 Å². The number of aliphatic hydroxyl groups is 1. The van der Waals surface area contributed by atoms with E-state index in [0.29, 0.717) is 21.9 Å². The van der Waals surface area contributed by atoms with Gasteiger partial charge in [-0.2, -0.15) is 0 Å². The summed E-state index contributed by atoms with van der Waals surface area (Å²) < 4.78 is 5.35. The number of nitrogens with two attached hydrogens (primary N) is 1. The lowest BCUT2D eigenvalue weighted by Gasteiger charge is -2.21. The van der Waals surface area contributed by atoms with Crippen LogP contribution in [0.25, 0.3) is 11.0 Å². The van der Waals surface area contributed by atoms with E-state index in [1.54, 1.807) is 19.9 Å². The highest BCUT2D eigenvalue weighted by atomic mass is 35.5. The molecule has 1 atom stereocenters. The lowest BCUT2D eigenvalue weighted by Crippen LogP contribution is -2.18. The first-order valence-electron chi connectivity index (χ1n) is 6.37. The third-order valence-electron chi connectivity index (χ3n) is 3.45. The largest absolute Gasteiger partial charge is 0.398 e. The van der Waals surface area contributed by atoms with Gasteiger partial charge in [0.05, 0.1) is 16.3 Å². The normalized spacial score (nSPS) is 14.0. The van der Waals surface area contributed by atoms with E-state index >= 15 is 0 Å². The van der Waals surface area contributed by atoms with E-state index in [2.05, 4.69) is 19.0 Å². The van der Waals surface area contributed by atoms with Gasteiger partial charge in [0.2, 0.25) is 0 Å². The minimum absolute atomic E-state index is 0.268. The number of halogens is 1. The SMILES string of the molecule is CCC(C)c1noc2c(Cl)c(C(C)(C)O)c(N)cc12. The molecule has 0 amide bonds. The van der Waals surface area contributed by atoms with Crippen LogP contribution in [0.2, 0.25) is 5.02 Å². The van der Waals surface area contributed by atoms with Crippen molar-refractivity contribution in [2.24, 2.45) is 0 Å². The lowest BCUT2D eigenvalue weighted by atomic mass is 9.93. The van der Waals surface area contributed by atoms with Crippen LogP contribution in [0.1, 0.15) is 51.3 Å². The van der Waals surface area contributed by atoms with E-state index in [9.17, 15) is 5.11 Å². The van der Waals surface area contributed by atoms with Gasteiger partial charge >= 0.3 is 0 Å². The predicted molar refractivity (Wildman–Crippen MR) is 77.4 cm³/mol. The highest BCUT2D eigenvalue weighted by Gasteiger charge is 2.27. The van der Waals surface area contributed by atoms with Gasteiger partial charge in [-0.3, -0.25) is 0 Å². The van der Waals surface area contributed by atoms with Crippen molar-refractivity contribution >= 4 is 28.3 Å². The predicted octanol–water partition coefficient (Wildman–Crippen LogP) is 3.80. The van der Waals surface area contributed by atoms with E-state index in [-0.39, 0.29) is 5.92 Å². The standard InChI is InChI=1S/C14H19ClN2O2/c1-5-7(2)12-8-6-9(16)10(14(3,4)18)11(15)13(8)19-17-12/h6-7,18H,5,16H2,1-4H3. The maximum absolute atomic E-state index is 10.1. The van der Waals surface area contributed by atoms with Crippen molar-refractivity contribution in [3.63, 3.8) is 0 Å². The molecule has 5 heteroatoms. The van der Waals surface area contributed by atoms with E-state index in [1.807, 2.05) is 0 Å². The first kappa shape index (κ1) is 14.2. The van der Waals surface area contributed by atoms with Crippen LogP contribution in [-0.4, -0.2) is 10.3 Å². The molecule has 0 aliphatic rings. The molecule has 0 saturated carbocycles. The zero-order chi connectivity index (χ0) is 14.4. The van der Waals surface area contributed by atoms with Gasteiger partial charge in [-0.15, -0.1) is 0 Å². The Morgan fingerprint density at radius 1 is 1.53 bits per heavy atom. The van der Waals surface area contributed by atoms with Crippen molar-refractivity contribution in [1.82, 2.24) is 5.16 Å². The molecule has 2 rings (SSSR count). The van der Waals surface area contributed by atoms with Crippen LogP contribution in [0.5, 0.6) is 0 Å². The first-order valence-corrected chi connectivity index (χ1v) is 6.75. The fourth-order valence-electron chi connectivity index (χ4n) is 2.25. The number of hydrogen-bond acceptors (Lipinski definition) is 4. The molecule has 19 heavy (non-hydrogen) atoms. The maximum Gasteiger partial charge on any atom is 0.186 e. The molecule has 0 spiro atoms. The smallest absolute Gasteiger partial charge is 0.186 e. The van der Waals surface area contributed by atoms with Crippen molar-refractivity contribution in [2.45, 2.75) is 45.6 Å². The molecule has 0 radical (unpaired) electrons. The topological polar surface area (TPSA) is 72.3 Å². The highest BCUT2D eigenvalue weighted by Crippen LogP contribution is 2.40. The quantitative estimate of drug-likeness (QED) is 0.840. The number of fused-ring (bicyclic) bond motifs is 1. The monoisotopic (exact) mass is 282 g/mol. The third kappa shape index (κ3) is 2.30. The number of benzene rings is 1. The summed E-state index contributed by atoms with van der Waals surface area (Å²) in [6, 6.07) is 1.78.